The minimum atomic E-state index is -0.699. The normalized spacial score (nSPS) is 11.2. The number of hydrogen-bond donors (Lipinski definition) is 1. The Hall–Kier alpha value is -3.93. The van der Waals surface area contributed by atoms with E-state index in [-0.39, 0.29) is 11.8 Å². The highest BCUT2D eigenvalue weighted by Crippen LogP contribution is 2.18. The van der Waals surface area contributed by atoms with Gasteiger partial charge in [-0.3, -0.25) is 9.59 Å². The van der Waals surface area contributed by atoms with Crippen LogP contribution in [0, 0.1) is 0 Å². The van der Waals surface area contributed by atoms with Crippen molar-refractivity contribution in [2.45, 2.75) is 12.5 Å². The Morgan fingerprint density at radius 2 is 1.48 bits per heavy atom. The van der Waals surface area contributed by atoms with E-state index in [1.807, 2.05) is 60.7 Å². The summed E-state index contributed by atoms with van der Waals surface area (Å²) in [5.74, 6) is -0.826. The van der Waals surface area contributed by atoms with Crippen LogP contribution in [0.15, 0.2) is 84.9 Å². The lowest BCUT2D eigenvalue weighted by Gasteiger charge is -2.19. The largest absolute Gasteiger partial charge is 0.481 e. The number of nitrogens with one attached hydrogen (secondary N) is 1. The number of carbonyl (C=O) groups is 3. The first-order chi connectivity index (χ1) is 15.2. The highest BCUT2D eigenvalue weighted by Gasteiger charge is 2.17. The van der Waals surface area contributed by atoms with Crippen molar-refractivity contribution in [3.8, 4) is 5.75 Å². The fourth-order valence-corrected chi connectivity index (χ4v) is 3.06. The van der Waals surface area contributed by atoms with E-state index in [4.69, 9.17) is 9.47 Å². The third-order valence-electron chi connectivity index (χ3n) is 4.58. The van der Waals surface area contributed by atoms with Crippen LogP contribution in [0.3, 0.4) is 0 Å². The molecule has 1 N–H and O–H groups in total. The molecule has 0 saturated heterocycles. The Morgan fingerprint density at radius 1 is 0.839 bits per heavy atom. The molecule has 1 atom stereocenters. The number of esters is 1. The van der Waals surface area contributed by atoms with E-state index in [1.165, 1.54) is 0 Å². The zero-order chi connectivity index (χ0) is 21.9. The zero-order valence-electron chi connectivity index (χ0n) is 16.9. The number of amides is 1. The Morgan fingerprint density at radius 3 is 2.19 bits per heavy atom. The molecule has 0 aliphatic heterocycles. The van der Waals surface area contributed by atoms with E-state index < -0.39 is 25.1 Å². The molecule has 0 aliphatic rings. The van der Waals surface area contributed by atoms with Crippen LogP contribution in [-0.4, -0.2) is 31.4 Å². The standard InChI is InChI=1S/C25H23NO5/c27-16-21-13-7-8-14-23(21)30-18-25(29)31-17-24(28)26-22(20-11-5-2-6-12-20)15-19-9-3-1-4-10-19/h1-14,16,22H,15,17-18H2,(H,26,28)/t22-/m0/s1. The van der Waals surface area contributed by atoms with Crippen molar-refractivity contribution < 1.29 is 23.9 Å². The summed E-state index contributed by atoms with van der Waals surface area (Å²) >= 11 is 0. The van der Waals surface area contributed by atoms with Gasteiger partial charge in [-0.1, -0.05) is 72.8 Å². The molecule has 1 amide bonds. The molecule has 31 heavy (non-hydrogen) atoms. The van der Waals surface area contributed by atoms with Crippen LogP contribution in [0.5, 0.6) is 5.75 Å². The minimum absolute atomic E-state index is 0.259. The number of aldehydes is 1. The highest BCUT2D eigenvalue weighted by molar-refractivity contribution is 5.82. The molecule has 0 saturated carbocycles. The molecule has 0 unspecified atom stereocenters. The van der Waals surface area contributed by atoms with Crippen molar-refractivity contribution in [3.63, 3.8) is 0 Å². The fraction of sp³-hybridized carbons (Fsp3) is 0.160. The van der Waals surface area contributed by atoms with Gasteiger partial charge in [0.25, 0.3) is 5.91 Å². The van der Waals surface area contributed by atoms with Crippen LogP contribution in [0.2, 0.25) is 0 Å². The Balaban J connectivity index is 1.53. The number of hydrogen-bond acceptors (Lipinski definition) is 5. The molecule has 3 aromatic carbocycles. The summed E-state index contributed by atoms with van der Waals surface area (Å²) in [5.41, 5.74) is 2.37. The van der Waals surface area contributed by atoms with Gasteiger partial charge in [-0.15, -0.1) is 0 Å². The first-order valence-corrected chi connectivity index (χ1v) is 9.86. The van der Waals surface area contributed by atoms with Gasteiger partial charge in [-0.2, -0.15) is 0 Å². The van der Waals surface area contributed by atoms with Gasteiger partial charge < -0.3 is 14.8 Å². The van der Waals surface area contributed by atoms with Crippen LogP contribution in [-0.2, 0) is 20.7 Å². The summed E-state index contributed by atoms with van der Waals surface area (Å²) < 4.78 is 10.3. The Labute approximate surface area is 180 Å². The predicted octanol–water partition coefficient (Wildman–Crippen LogP) is 3.52. The molecule has 0 radical (unpaired) electrons. The Kier molecular flexibility index (Phi) is 7.94. The van der Waals surface area contributed by atoms with Crippen molar-refractivity contribution in [1.82, 2.24) is 5.32 Å². The fourth-order valence-electron chi connectivity index (χ4n) is 3.06. The first-order valence-electron chi connectivity index (χ1n) is 9.86. The Bertz CT molecular complexity index is 1000. The third-order valence-corrected chi connectivity index (χ3v) is 4.58. The average Bonchev–Trinajstić information content (AvgIpc) is 2.82. The van der Waals surface area contributed by atoms with Gasteiger partial charge in [0.05, 0.1) is 11.6 Å². The molecule has 6 nitrogen and oxygen atoms in total. The van der Waals surface area contributed by atoms with Crippen molar-refractivity contribution in [2.75, 3.05) is 13.2 Å². The number of carbonyl (C=O) groups excluding carboxylic acids is 3. The van der Waals surface area contributed by atoms with E-state index in [0.717, 1.165) is 11.1 Å². The summed E-state index contributed by atoms with van der Waals surface area (Å²) in [7, 11) is 0. The number of ether oxygens (including phenoxy) is 2. The van der Waals surface area contributed by atoms with Gasteiger partial charge >= 0.3 is 5.97 Å². The maximum Gasteiger partial charge on any atom is 0.344 e. The van der Waals surface area contributed by atoms with Crippen LogP contribution in [0.1, 0.15) is 27.5 Å². The van der Waals surface area contributed by atoms with Crippen LogP contribution in [0.25, 0.3) is 0 Å². The number of benzene rings is 3. The third kappa shape index (κ3) is 6.82. The predicted molar refractivity (Wildman–Crippen MR) is 116 cm³/mol. The number of rotatable bonds is 10. The summed E-state index contributed by atoms with van der Waals surface area (Å²) in [4.78, 5) is 35.4. The van der Waals surface area contributed by atoms with E-state index in [9.17, 15) is 14.4 Å². The quantitative estimate of drug-likeness (QED) is 0.403. The molecule has 6 heteroatoms. The molecular weight excluding hydrogens is 394 g/mol. The van der Waals surface area contributed by atoms with Crippen molar-refractivity contribution in [1.29, 1.82) is 0 Å². The van der Waals surface area contributed by atoms with Gasteiger partial charge in [0.15, 0.2) is 19.5 Å². The highest BCUT2D eigenvalue weighted by atomic mass is 16.6. The molecule has 0 spiro atoms. The molecule has 0 fully saturated rings. The topological polar surface area (TPSA) is 81.7 Å². The second kappa shape index (κ2) is 11.3. The monoisotopic (exact) mass is 417 g/mol. The summed E-state index contributed by atoms with van der Waals surface area (Å²) in [6.45, 7) is -0.820. The maximum absolute atomic E-state index is 12.4. The minimum Gasteiger partial charge on any atom is -0.481 e. The molecule has 0 aliphatic carbocycles. The lowest BCUT2D eigenvalue weighted by Crippen LogP contribution is -2.34. The van der Waals surface area contributed by atoms with Crippen molar-refractivity contribution in [2.24, 2.45) is 0 Å². The lowest BCUT2D eigenvalue weighted by atomic mass is 9.99. The van der Waals surface area contributed by atoms with E-state index in [1.54, 1.807) is 24.3 Å². The lowest BCUT2D eigenvalue weighted by molar-refractivity contribution is -0.150. The van der Waals surface area contributed by atoms with Crippen molar-refractivity contribution in [3.05, 3.63) is 102 Å². The summed E-state index contributed by atoms with van der Waals surface area (Å²) in [5, 5.41) is 2.93. The smallest absolute Gasteiger partial charge is 0.344 e. The van der Waals surface area contributed by atoms with Crippen LogP contribution in [0.4, 0.5) is 0 Å². The van der Waals surface area contributed by atoms with Gasteiger partial charge in [0, 0.05) is 0 Å². The zero-order valence-corrected chi connectivity index (χ0v) is 16.9. The average molecular weight is 417 g/mol. The van der Waals surface area contributed by atoms with E-state index in [2.05, 4.69) is 5.32 Å². The second-order valence-corrected chi connectivity index (χ2v) is 6.83. The molecule has 0 bridgehead atoms. The molecule has 0 aromatic heterocycles. The summed E-state index contributed by atoms with van der Waals surface area (Å²) in [6.07, 6.45) is 1.25. The van der Waals surface area contributed by atoms with Gasteiger partial charge in [0.2, 0.25) is 0 Å². The molecule has 3 rings (SSSR count). The van der Waals surface area contributed by atoms with E-state index in [0.29, 0.717) is 18.3 Å². The first kappa shape index (κ1) is 21.8. The van der Waals surface area contributed by atoms with Gasteiger partial charge in [0.1, 0.15) is 5.75 Å². The molecule has 158 valence electrons. The summed E-state index contributed by atoms with van der Waals surface area (Å²) in [6, 6.07) is 25.7. The maximum atomic E-state index is 12.4. The van der Waals surface area contributed by atoms with E-state index >= 15 is 0 Å². The van der Waals surface area contributed by atoms with Gasteiger partial charge in [-0.05, 0) is 29.7 Å². The van der Waals surface area contributed by atoms with Crippen LogP contribution >= 0.6 is 0 Å². The SMILES string of the molecule is O=Cc1ccccc1OCC(=O)OCC(=O)N[C@@H](Cc1ccccc1)c1ccccc1. The van der Waals surface area contributed by atoms with Crippen LogP contribution < -0.4 is 10.1 Å². The second-order valence-electron chi connectivity index (χ2n) is 6.83. The molecule has 0 heterocycles. The van der Waals surface area contributed by atoms with Crippen molar-refractivity contribution >= 4 is 18.2 Å². The number of para-hydroxylation sites is 1. The van der Waals surface area contributed by atoms with Gasteiger partial charge in [-0.25, -0.2) is 4.79 Å². The molecular formula is C25H23NO5. The molecule has 3 aromatic rings.